The molecule has 3 heteroatoms. The van der Waals surface area contributed by atoms with Gasteiger partial charge in [0, 0.05) is 18.3 Å². The van der Waals surface area contributed by atoms with Gasteiger partial charge in [-0.2, -0.15) is 0 Å². The molecule has 2 aromatic rings. The summed E-state index contributed by atoms with van der Waals surface area (Å²) in [6.45, 7) is -0.0736. The van der Waals surface area contributed by atoms with E-state index < -0.39 is 0 Å². The van der Waals surface area contributed by atoms with E-state index in [1.54, 1.807) is 30.6 Å². The van der Waals surface area contributed by atoms with E-state index in [1.807, 2.05) is 12.1 Å². The zero-order valence-corrected chi connectivity index (χ0v) is 9.38. The Labute approximate surface area is 99.8 Å². The SMILES string of the molecule is OCC(Cc1cccnc1)c1ccccc1F. The second-order valence-corrected chi connectivity index (χ2v) is 3.97. The van der Waals surface area contributed by atoms with Gasteiger partial charge in [0.1, 0.15) is 5.82 Å². The van der Waals surface area contributed by atoms with Gasteiger partial charge in [-0.15, -0.1) is 0 Å². The van der Waals surface area contributed by atoms with Crippen molar-refractivity contribution < 1.29 is 9.50 Å². The first-order valence-electron chi connectivity index (χ1n) is 5.55. The van der Waals surface area contributed by atoms with Crippen molar-refractivity contribution in [3.63, 3.8) is 0 Å². The summed E-state index contributed by atoms with van der Waals surface area (Å²) in [4.78, 5) is 4.01. The standard InChI is InChI=1S/C14H14FNO/c15-14-6-2-1-5-13(14)12(10-17)8-11-4-3-7-16-9-11/h1-7,9,12,17H,8,10H2. The van der Waals surface area contributed by atoms with Crippen molar-refractivity contribution in [3.05, 3.63) is 65.7 Å². The first-order valence-corrected chi connectivity index (χ1v) is 5.55. The van der Waals surface area contributed by atoms with Crippen LogP contribution in [0.1, 0.15) is 17.0 Å². The topological polar surface area (TPSA) is 33.1 Å². The average molecular weight is 231 g/mol. The van der Waals surface area contributed by atoms with Crippen LogP contribution in [0.5, 0.6) is 0 Å². The third kappa shape index (κ3) is 2.88. The molecule has 1 aromatic carbocycles. The van der Waals surface area contributed by atoms with Gasteiger partial charge in [0.15, 0.2) is 0 Å². The van der Waals surface area contributed by atoms with Gasteiger partial charge in [-0.05, 0) is 29.7 Å². The average Bonchev–Trinajstić information content (AvgIpc) is 2.38. The van der Waals surface area contributed by atoms with E-state index >= 15 is 0 Å². The van der Waals surface area contributed by atoms with Gasteiger partial charge in [0.25, 0.3) is 0 Å². The van der Waals surface area contributed by atoms with Gasteiger partial charge in [0.05, 0.1) is 6.61 Å². The number of hydrogen-bond acceptors (Lipinski definition) is 2. The van der Waals surface area contributed by atoms with Crippen LogP contribution >= 0.6 is 0 Å². The zero-order chi connectivity index (χ0) is 12.1. The van der Waals surface area contributed by atoms with E-state index in [4.69, 9.17) is 0 Å². The second kappa shape index (κ2) is 5.55. The van der Waals surface area contributed by atoms with Gasteiger partial charge in [-0.25, -0.2) is 4.39 Å². The molecule has 0 amide bonds. The first-order chi connectivity index (χ1) is 8.31. The lowest BCUT2D eigenvalue weighted by Crippen LogP contribution is -2.09. The smallest absolute Gasteiger partial charge is 0.126 e. The van der Waals surface area contributed by atoms with Gasteiger partial charge in [0.2, 0.25) is 0 Å². The first kappa shape index (κ1) is 11.7. The summed E-state index contributed by atoms with van der Waals surface area (Å²) < 4.78 is 13.6. The Morgan fingerprint density at radius 3 is 2.65 bits per heavy atom. The normalized spacial score (nSPS) is 12.4. The number of hydrogen-bond donors (Lipinski definition) is 1. The van der Waals surface area contributed by atoms with E-state index in [1.165, 1.54) is 6.07 Å². The number of aromatic nitrogens is 1. The van der Waals surface area contributed by atoms with Crippen molar-refractivity contribution in [2.75, 3.05) is 6.61 Å². The third-order valence-corrected chi connectivity index (χ3v) is 2.77. The molecule has 1 unspecified atom stereocenters. The maximum Gasteiger partial charge on any atom is 0.126 e. The Bertz CT molecular complexity index is 473. The predicted octanol–water partition coefficient (Wildman–Crippen LogP) is 2.54. The Balaban J connectivity index is 2.21. The van der Waals surface area contributed by atoms with E-state index in [0.29, 0.717) is 12.0 Å². The molecule has 88 valence electrons. The molecule has 0 spiro atoms. The molecule has 1 aromatic heterocycles. The maximum atomic E-state index is 13.6. The third-order valence-electron chi connectivity index (χ3n) is 2.77. The molecule has 0 aliphatic rings. The van der Waals surface area contributed by atoms with E-state index in [0.717, 1.165) is 5.56 Å². The molecule has 1 N–H and O–H groups in total. The molecule has 0 saturated carbocycles. The van der Waals surface area contributed by atoms with Gasteiger partial charge < -0.3 is 5.11 Å². The zero-order valence-electron chi connectivity index (χ0n) is 9.38. The van der Waals surface area contributed by atoms with E-state index in [2.05, 4.69) is 4.98 Å². The Kier molecular flexibility index (Phi) is 3.83. The molecular weight excluding hydrogens is 217 g/mol. The lowest BCUT2D eigenvalue weighted by Gasteiger charge is -2.15. The second-order valence-electron chi connectivity index (χ2n) is 3.97. The van der Waals surface area contributed by atoms with Crippen LogP contribution in [-0.4, -0.2) is 16.7 Å². The molecule has 0 fully saturated rings. The molecule has 2 nitrogen and oxygen atoms in total. The van der Waals surface area contributed by atoms with E-state index in [-0.39, 0.29) is 18.3 Å². The van der Waals surface area contributed by atoms with E-state index in [9.17, 15) is 9.50 Å². The van der Waals surface area contributed by atoms with Crippen molar-refractivity contribution >= 4 is 0 Å². The molecule has 0 aliphatic heterocycles. The van der Waals surface area contributed by atoms with Crippen LogP contribution in [0.4, 0.5) is 4.39 Å². The minimum Gasteiger partial charge on any atom is -0.396 e. The highest BCUT2D eigenvalue weighted by atomic mass is 19.1. The van der Waals surface area contributed by atoms with Crippen molar-refractivity contribution in [3.8, 4) is 0 Å². The van der Waals surface area contributed by atoms with Gasteiger partial charge in [-0.1, -0.05) is 24.3 Å². The summed E-state index contributed by atoms with van der Waals surface area (Å²) in [6.07, 6.45) is 4.02. The summed E-state index contributed by atoms with van der Waals surface area (Å²) in [6, 6.07) is 10.3. The molecule has 0 bridgehead atoms. The molecule has 0 radical (unpaired) electrons. The maximum absolute atomic E-state index is 13.6. The summed E-state index contributed by atoms with van der Waals surface area (Å²) in [7, 11) is 0. The number of aliphatic hydroxyl groups is 1. The summed E-state index contributed by atoms with van der Waals surface area (Å²) in [5, 5.41) is 9.38. The Hall–Kier alpha value is -1.74. The summed E-state index contributed by atoms with van der Waals surface area (Å²) in [5.41, 5.74) is 1.55. The number of benzene rings is 1. The van der Waals surface area contributed by atoms with Crippen LogP contribution in [0, 0.1) is 5.82 Å². The fraction of sp³-hybridized carbons (Fsp3) is 0.214. The molecular formula is C14H14FNO. The highest BCUT2D eigenvalue weighted by Crippen LogP contribution is 2.22. The molecule has 2 rings (SSSR count). The molecule has 1 heterocycles. The van der Waals surface area contributed by atoms with Crippen LogP contribution in [0.3, 0.4) is 0 Å². The quantitative estimate of drug-likeness (QED) is 0.877. The van der Waals surface area contributed by atoms with Crippen LogP contribution in [0.15, 0.2) is 48.8 Å². The highest BCUT2D eigenvalue weighted by molar-refractivity contribution is 5.24. The number of rotatable bonds is 4. The fourth-order valence-electron chi connectivity index (χ4n) is 1.88. The highest BCUT2D eigenvalue weighted by Gasteiger charge is 2.15. The van der Waals surface area contributed by atoms with Crippen molar-refractivity contribution in [1.82, 2.24) is 4.98 Å². The van der Waals surface area contributed by atoms with Crippen LogP contribution in [0.2, 0.25) is 0 Å². The molecule has 1 atom stereocenters. The van der Waals surface area contributed by atoms with Gasteiger partial charge >= 0.3 is 0 Å². The van der Waals surface area contributed by atoms with Crippen LogP contribution in [0.25, 0.3) is 0 Å². The molecule has 17 heavy (non-hydrogen) atoms. The fourth-order valence-corrected chi connectivity index (χ4v) is 1.88. The lowest BCUT2D eigenvalue weighted by molar-refractivity contribution is 0.261. The molecule has 0 aliphatic carbocycles. The Morgan fingerprint density at radius 1 is 1.18 bits per heavy atom. The number of pyridine rings is 1. The lowest BCUT2D eigenvalue weighted by atomic mass is 9.93. The number of nitrogens with zero attached hydrogens (tertiary/aromatic N) is 1. The summed E-state index contributed by atoms with van der Waals surface area (Å²) in [5.74, 6) is -0.490. The molecule has 0 saturated heterocycles. The van der Waals surface area contributed by atoms with Crippen molar-refractivity contribution in [2.45, 2.75) is 12.3 Å². The van der Waals surface area contributed by atoms with Gasteiger partial charge in [-0.3, -0.25) is 4.98 Å². The Morgan fingerprint density at radius 2 is 2.00 bits per heavy atom. The minimum atomic E-state index is -0.268. The predicted molar refractivity (Wildman–Crippen MR) is 64.2 cm³/mol. The minimum absolute atomic E-state index is 0.0736. The van der Waals surface area contributed by atoms with Crippen molar-refractivity contribution in [1.29, 1.82) is 0 Å². The van der Waals surface area contributed by atoms with Crippen LogP contribution < -0.4 is 0 Å². The summed E-state index contributed by atoms with van der Waals surface area (Å²) >= 11 is 0. The number of halogens is 1. The van der Waals surface area contributed by atoms with Crippen molar-refractivity contribution in [2.24, 2.45) is 0 Å². The number of aliphatic hydroxyl groups excluding tert-OH is 1. The monoisotopic (exact) mass is 231 g/mol. The van der Waals surface area contributed by atoms with Crippen LogP contribution in [-0.2, 0) is 6.42 Å². The largest absolute Gasteiger partial charge is 0.396 e.